The van der Waals surface area contributed by atoms with Crippen LogP contribution in [0.5, 0.6) is 0 Å². The molecule has 3 unspecified atom stereocenters. The molecule has 0 aromatic rings. The molecule has 1 heteroatoms. The molecule has 15 heavy (non-hydrogen) atoms. The molecule has 0 bridgehead atoms. The Labute approximate surface area is 95.2 Å². The van der Waals surface area contributed by atoms with Crippen LogP contribution in [0.2, 0.25) is 0 Å². The highest BCUT2D eigenvalue weighted by Gasteiger charge is 2.32. The zero-order valence-electron chi connectivity index (χ0n) is 10.7. The molecule has 1 aliphatic carbocycles. The van der Waals surface area contributed by atoms with E-state index in [1.54, 1.807) is 0 Å². The van der Waals surface area contributed by atoms with Crippen LogP contribution in [0.1, 0.15) is 52.9 Å². The van der Waals surface area contributed by atoms with Crippen LogP contribution in [-0.4, -0.2) is 24.0 Å². The highest BCUT2D eigenvalue weighted by atomic mass is 15.2. The molecule has 1 heterocycles. The number of hydrogen-bond donors (Lipinski definition) is 0. The van der Waals surface area contributed by atoms with Gasteiger partial charge in [0.2, 0.25) is 0 Å². The first-order valence-electron chi connectivity index (χ1n) is 6.92. The second-order valence-electron chi connectivity index (χ2n) is 6.07. The smallest absolute Gasteiger partial charge is 0.00900 e. The predicted molar refractivity (Wildman–Crippen MR) is 65.9 cm³/mol. The first-order valence-corrected chi connectivity index (χ1v) is 6.92. The molecule has 0 N–H and O–H groups in total. The van der Waals surface area contributed by atoms with Crippen LogP contribution in [0, 0.1) is 17.8 Å². The van der Waals surface area contributed by atoms with Crippen molar-refractivity contribution in [2.45, 2.75) is 58.9 Å². The zero-order valence-corrected chi connectivity index (χ0v) is 10.7. The monoisotopic (exact) mass is 209 g/mol. The Morgan fingerprint density at radius 2 is 1.60 bits per heavy atom. The molecule has 1 saturated carbocycles. The first-order chi connectivity index (χ1) is 7.18. The molecule has 88 valence electrons. The lowest BCUT2D eigenvalue weighted by atomic mass is 9.93. The molecule has 0 aromatic carbocycles. The molecule has 1 saturated heterocycles. The third kappa shape index (κ3) is 2.55. The summed E-state index contributed by atoms with van der Waals surface area (Å²) in [5.41, 5.74) is 0. The van der Waals surface area contributed by atoms with Crippen LogP contribution in [0.3, 0.4) is 0 Å². The van der Waals surface area contributed by atoms with Gasteiger partial charge < -0.3 is 4.90 Å². The summed E-state index contributed by atoms with van der Waals surface area (Å²) in [7, 11) is 0. The summed E-state index contributed by atoms with van der Waals surface area (Å²) in [6.07, 6.45) is 7.48. The fraction of sp³-hybridized carbons (Fsp3) is 1.00. The minimum Gasteiger partial charge on any atom is -0.300 e. The van der Waals surface area contributed by atoms with Gasteiger partial charge in [0, 0.05) is 12.6 Å². The fourth-order valence-corrected chi connectivity index (χ4v) is 3.47. The third-order valence-corrected chi connectivity index (χ3v) is 4.85. The second kappa shape index (κ2) is 4.86. The van der Waals surface area contributed by atoms with Gasteiger partial charge in [0.25, 0.3) is 0 Å². The van der Waals surface area contributed by atoms with Crippen molar-refractivity contribution in [3.05, 3.63) is 0 Å². The largest absolute Gasteiger partial charge is 0.300 e. The van der Waals surface area contributed by atoms with Gasteiger partial charge in [-0.15, -0.1) is 0 Å². The van der Waals surface area contributed by atoms with Crippen LogP contribution in [0.4, 0.5) is 0 Å². The number of nitrogens with zero attached hydrogens (tertiary/aromatic N) is 1. The Balaban J connectivity index is 1.96. The standard InChI is InChI=1S/C14H27N/c1-11(2)12(3)15-9-5-8-13-6-4-7-14(13)10-15/h11-14H,4-10H2,1-3H3. The van der Waals surface area contributed by atoms with Crippen molar-refractivity contribution >= 4 is 0 Å². The molecule has 0 radical (unpaired) electrons. The number of fused-ring (bicyclic) bond motifs is 1. The zero-order chi connectivity index (χ0) is 10.8. The molecule has 1 nitrogen and oxygen atoms in total. The minimum absolute atomic E-state index is 0.782. The number of rotatable bonds is 2. The topological polar surface area (TPSA) is 3.24 Å². The van der Waals surface area contributed by atoms with Crippen molar-refractivity contribution in [1.29, 1.82) is 0 Å². The maximum Gasteiger partial charge on any atom is 0.00900 e. The second-order valence-corrected chi connectivity index (χ2v) is 6.07. The molecular formula is C14H27N. The normalized spacial score (nSPS) is 35.2. The van der Waals surface area contributed by atoms with E-state index in [4.69, 9.17) is 0 Å². The van der Waals surface area contributed by atoms with Crippen LogP contribution in [0.25, 0.3) is 0 Å². The van der Waals surface area contributed by atoms with Gasteiger partial charge in [-0.2, -0.15) is 0 Å². The van der Waals surface area contributed by atoms with Crippen LogP contribution >= 0.6 is 0 Å². The molecule has 0 aromatic heterocycles. The summed E-state index contributed by atoms with van der Waals surface area (Å²) < 4.78 is 0. The molecule has 0 spiro atoms. The van der Waals surface area contributed by atoms with E-state index in [9.17, 15) is 0 Å². The maximum atomic E-state index is 2.76. The van der Waals surface area contributed by atoms with Gasteiger partial charge in [-0.1, -0.05) is 26.7 Å². The van der Waals surface area contributed by atoms with Crippen molar-refractivity contribution in [2.24, 2.45) is 17.8 Å². The van der Waals surface area contributed by atoms with E-state index in [1.165, 1.54) is 45.2 Å². The van der Waals surface area contributed by atoms with Crippen molar-refractivity contribution in [2.75, 3.05) is 13.1 Å². The van der Waals surface area contributed by atoms with Crippen molar-refractivity contribution in [3.63, 3.8) is 0 Å². The molecule has 2 aliphatic rings. The SMILES string of the molecule is CC(C)C(C)N1CCCC2CCCC2C1. The molecule has 0 amide bonds. The third-order valence-electron chi connectivity index (χ3n) is 4.85. The van der Waals surface area contributed by atoms with Crippen molar-refractivity contribution < 1.29 is 0 Å². The van der Waals surface area contributed by atoms with Gasteiger partial charge in [-0.3, -0.25) is 0 Å². The van der Waals surface area contributed by atoms with Gasteiger partial charge in [-0.25, -0.2) is 0 Å². The Hall–Kier alpha value is -0.0400. The van der Waals surface area contributed by atoms with Crippen molar-refractivity contribution in [3.8, 4) is 0 Å². The van der Waals surface area contributed by atoms with Crippen LogP contribution in [0.15, 0.2) is 0 Å². The molecule has 1 aliphatic heterocycles. The van der Waals surface area contributed by atoms with E-state index in [0.29, 0.717) is 0 Å². The lowest BCUT2D eigenvalue weighted by molar-refractivity contribution is 0.150. The Morgan fingerprint density at radius 1 is 0.933 bits per heavy atom. The van der Waals surface area contributed by atoms with E-state index in [1.807, 2.05) is 0 Å². The number of likely N-dealkylation sites (tertiary alicyclic amines) is 1. The Morgan fingerprint density at radius 3 is 2.33 bits per heavy atom. The van der Waals surface area contributed by atoms with Gasteiger partial charge in [0.15, 0.2) is 0 Å². The summed E-state index contributed by atoms with van der Waals surface area (Å²) in [6.45, 7) is 9.89. The first kappa shape index (κ1) is 11.4. The molecular weight excluding hydrogens is 182 g/mol. The number of hydrogen-bond acceptors (Lipinski definition) is 1. The Bertz CT molecular complexity index is 200. The van der Waals surface area contributed by atoms with Crippen LogP contribution < -0.4 is 0 Å². The molecule has 2 fully saturated rings. The van der Waals surface area contributed by atoms with E-state index in [2.05, 4.69) is 25.7 Å². The van der Waals surface area contributed by atoms with E-state index < -0.39 is 0 Å². The minimum atomic E-state index is 0.782. The van der Waals surface area contributed by atoms with Crippen molar-refractivity contribution in [1.82, 2.24) is 4.90 Å². The van der Waals surface area contributed by atoms with Gasteiger partial charge in [0.05, 0.1) is 0 Å². The lowest BCUT2D eigenvalue weighted by Gasteiger charge is -2.32. The summed E-state index contributed by atoms with van der Waals surface area (Å²) in [6, 6.07) is 0.782. The molecule has 3 atom stereocenters. The highest BCUT2D eigenvalue weighted by Crippen LogP contribution is 2.38. The predicted octanol–water partition coefficient (Wildman–Crippen LogP) is 3.54. The highest BCUT2D eigenvalue weighted by molar-refractivity contribution is 4.85. The maximum absolute atomic E-state index is 2.76. The van der Waals surface area contributed by atoms with E-state index in [-0.39, 0.29) is 0 Å². The van der Waals surface area contributed by atoms with Gasteiger partial charge in [-0.05, 0) is 50.5 Å². The summed E-state index contributed by atoms with van der Waals surface area (Å²) in [5.74, 6) is 2.92. The molecule has 2 rings (SSSR count). The summed E-state index contributed by atoms with van der Waals surface area (Å²) in [4.78, 5) is 2.76. The average Bonchev–Trinajstić information content (AvgIpc) is 2.54. The van der Waals surface area contributed by atoms with Crippen LogP contribution in [-0.2, 0) is 0 Å². The van der Waals surface area contributed by atoms with E-state index >= 15 is 0 Å². The lowest BCUT2D eigenvalue weighted by Crippen LogP contribution is -2.39. The van der Waals surface area contributed by atoms with Gasteiger partial charge >= 0.3 is 0 Å². The summed E-state index contributed by atoms with van der Waals surface area (Å²) >= 11 is 0. The Kier molecular flexibility index (Phi) is 3.71. The fourth-order valence-electron chi connectivity index (χ4n) is 3.47. The van der Waals surface area contributed by atoms with E-state index in [0.717, 1.165) is 23.8 Å². The average molecular weight is 209 g/mol. The summed E-state index contributed by atoms with van der Waals surface area (Å²) in [5, 5.41) is 0. The van der Waals surface area contributed by atoms with Gasteiger partial charge in [0.1, 0.15) is 0 Å². The quantitative estimate of drug-likeness (QED) is 0.672.